The summed E-state index contributed by atoms with van der Waals surface area (Å²) in [7, 11) is 1.64. The molecule has 2 rings (SSSR count). The van der Waals surface area contributed by atoms with Gasteiger partial charge in [-0.15, -0.1) is 0 Å². The predicted octanol–water partition coefficient (Wildman–Crippen LogP) is 0.387. The van der Waals surface area contributed by atoms with Crippen LogP contribution in [-0.2, 0) is 11.2 Å². The second kappa shape index (κ2) is 6.24. The number of rotatable bonds is 5. The molecule has 0 aliphatic carbocycles. The van der Waals surface area contributed by atoms with Crippen molar-refractivity contribution in [2.45, 2.75) is 18.9 Å². The van der Waals surface area contributed by atoms with Gasteiger partial charge in [-0.25, -0.2) is 0 Å². The maximum Gasteiger partial charge on any atom is 0.238 e. The number of hydrogen-bond donors (Lipinski definition) is 2. The van der Waals surface area contributed by atoms with Crippen LogP contribution in [0.1, 0.15) is 12.5 Å². The van der Waals surface area contributed by atoms with E-state index in [2.05, 4.69) is 10.2 Å². The van der Waals surface area contributed by atoms with Gasteiger partial charge in [0.2, 0.25) is 5.91 Å². The van der Waals surface area contributed by atoms with Gasteiger partial charge in [0.15, 0.2) is 0 Å². The number of hydrogen-bond acceptors (Lipinski definition) is 4. The number of nitrogens with two attached hydrogens (primary N) is 1. The van der Waals surface area contributed by atoms with Gasteiger partial charge in [0, 0.05) is 26.2 Å². The number of piperazine rings is 1. The molecule has 1 amide bonds. The first-order chi connectivity index (χ1) is 9.56. The van der Waals surface area contributed by atoms with Crippen molar-refractivity contribution in [1.29, 1.82) is 0 Å². The first kappa shape index (κ1) is 14.8. The number of benzene rings is 1. The maximum absolute atomic E-state index is 12.0. The summed E-state index contributed by atoms with van der Waals surface area (Å²) in [5.41, 5.74) is 6.13. The Bertz CT molecular complexity index is 455. The fourth-order valence-electron chi connectivity index (χ4n) is 2.65. The van der Waals surface area contributed by atoms with E-state index in [-0.39, 0.29) is 5.91 Å². The van der Waals surface area contributed by atoms with Crippen molar-refractivity contribution in [2.24, 2.45) is 5.73 Å². The second-order valence-corrected chi connectivity index (χ2v) is 5.40. The Morgan fingerprint density at radius 3 is 2.45 bits per heavy atom. The Morgan fingerprint density at radius 1 is 1.35 bits per heavy atom. The highest BCUT2D eigenvalue weighted by atomic mass is 16.5. The van der Waals surface area contributed by atoms with Crippen LogP contribution < -0.4 is 15.8 Å². The number of methoxy groups -OCH3 is 1. The van der Waals surface area contributed by atoms with Gasteiger partial charge in [-0.2, -0.15) is 0 Å². The van der Waals surface area contributed by atoms with E-state index in [4.69, 9.17) is 10.5 Å². The average Bonchev–Trinajstić information content (AvgIpc) is 2.48. The molecule has 0 bridgehead atoms. The highest BCUT2D eigenvalue weighted by molar-refractivity contribution is 5.84. The van der Waals surface area contributed by atoms with Crippen LogP contribution in [0.15, 0.2) is 24.3 Å². The Hall–Kier alpha value is -1.59. The number of nitrogens with one attached hydrogen (secondary N) is 1. The number of carbonyl (C=O) groups excluding carboxylic acids is 1. The molecule has 0 spiro atoms. The summed E-state index contributed by atoms with van der Waals surface area (Å²) in [6.07, 6.45) is 0.617. The third-order valence-electron chi connectivity index (χ3n) is 4.05. The molecule has 1 heterocycles. The minimum atomic E-state index is -0.642. The highest BCUT2D eigenvalue weighted by Gasteiger charge is 2.38. The van der Waals surface area contributed by atoms with Crippen LogP contribution in [0.2, 0.25) is 0 Å². The molecular weight excluding hydrogens is 254 g/mol. The van der Waals surface area contributed by atoms with E-state index < -0.39 is 5.54 Å². The van der Waals surface area contributed by atoms with Gasteiger partial charge in [-0.3, -0.25) is 9.69 Å². The van der Waals surface area contributed by atoms with Crippen molar-refractivity contribution < 1.29 is 9.53 Å². The number of primary amides is 1. The lowest BCUT2D eigenvalue weighted by molar-refractivity contribution is -0.129. The molecule has 0 radical (unpaired) electrons. The maximum atomic E-state index is 12.0. The molecule has 1 aromatic rings. The van der Waals surface area contributed by atoms with Crippen LogP contribution >= 0.6 is 0 Å². The lowest BCUT2D eigenvalue weighted by Gasteiger charge is -2.41. The van der Waals surface area contributed by atoms with E-state index in [9.17, 15) is 4.79 Å². The van der Waals surface area contributed by atoms with Gasteiger partial charge in [-0.1, -0.05) is 12.1 Å². The predicted molar refractivity (Wildman–Crippen MR) is 78.7 cm³/mol. The number of nitrogens with zero attached hydrogens (tertiary/aromatic N) is 1. The van der Waals surface area contributed by atoms with E-state index in [0.717, 1.165) is 37.5 Å². The minimum Gasteiger partial charge on any atom is -0.497 e. The molecule has 0 saturated carbocycles. The van der Waals surface area contributed by atoms with Crippen molar-refractivity contribution >= 4 is 5.91 Å². The summed E-state index contributed by atoms with van der Waals surface area (Å²) in [5.74, 6) is 0.548. The Labute approximate surface area is 120 Å². The largest absolute Gasteiger partial charge is 0.497 e. The summed E-state index contributed by atoms with van der Waals surface area (Å²) in [5, 5.41) is 3.29. The van der Waals surface area contributed by atoms with E-state index >= 15 is 0 Å². The Kier molecular flexibility index (Phi) is 4.62. The summed E-state index contributed by atoms with van der Waals surface area (Å²) < 4.78 is 5.15. The molecule has 5 heteroatoms. The standard InChI is InChI=1S/C15H23N3O2/c1-15(14(16)19,18-9-7-17-8-10-18)11-12-3-5-13(20-2)6-4-12/h3-6,17H,7-11H2,1-2H3,(H2,16,19). The van der Waals surface area contributed by atoms with Gasteiger partial charge in [0.1, 0.15) is 11.3 Å². The van der Waals surface area contributed by atoms with Crippen LogP contribution in [0.3, 0.4) is 0 Å². The lowest BCUT2D eigenvalue weighted by Crippen LogP contribution is -2.61. The van der Waals surface area contributed by atoms with Crippen LogP contribution in [0.25, 0.3) is 0 Å². The monoisotopic (exact) mass is 277 g/mol. The molecule has 1 aliphatic rings. The molecule has 110 valence electrons. The van der Waals surface area contributed by atoms with Crippen molar-refractivity contribution in [3.05, 3.63) is 29.8 Å². The van der Waals surface area contributed by atoms with Crippen LogP contribution in [0.5, 0.6) is 5.75 Å². The molecule has 5 nitrogen and oxygen atoms in total. The average molecular weight is 277 g/mol. The third kappa shape index (κ3) is 3.11. The zero-order valence-electron chi connectivity index (χ0n) is 12.2. The highest BCUT2D eigenvalue weighted by Crippen LogP contribution is 2.23. The Balaban J connectivity index is 2.16. The molecule has 1 aromatic carbocycles. The van der Waals surface area contributed by atoms with Gasteiger partial charge < -0.3 is 15.8 Å². The summed E-state index contributed by atoms with van der Waals surface area (Å²) in [6, 6.07) is 7.80. The number of amides is 1. The minimum absolute atomic E-state index is 0.268. The molecule has 1 fully saturated rings. The summed E-state index contributed by atoms with van der Waals surface area (Å²) in [4.78, 5) is 14.2. The molecule has 0 aromatic heterocycles. The van der Waals surface area contributed by atoms with Gasteiger partial charge in [0.25, 0.3) is 0 Å². The van der Waals surface area contributed by atoms with E-state index in [0.29, 0.717) is 6.42 Å². The van der Waals surface area contributed by atoms with Crippen molar-refractivity contribution in [2.75, 3.05) is 33.3 Å². The van der Waals surface area contributed by atoms with E-state index in [1.54, 1.807) is 7.11 Å². The molecule has 1 aliphatic heterocycles. The molecule has 20 heavy (non-hydrogen) atoms. The van der Waals surface area contributed by atoms with Crippen LogP contribution in [-0.4, -0.2) is 49.6 Å². The fraction of sp³-hybridized carbons (Fsp3) is 0.533. The second-order valence-electron chi connectivity index (χ2n) is 5.40. The van der Waals surface area contributed by atoms with Gasteiger partial charge in [-0.05, 0) is 31.0 Å². The van der Waals surface area contributed by atoms with Gasteiger partial charge >= 0.3 is 0 Å². The quantitative estimate of drug-likeness (QED) is 0.817. The zero-order valence-corrected chi connectivity index (χ0v) is 12.2. The molecule has 1 atom stereocenters. The molecule has 1 saturated heterocycles. The topological polar surface area (TPSA) is 67.6 Å². The fourth-order valence-corrected chi connectivity index (χ4v) is 2.65. The first-order valence-corrected chi connectivity index (χ1v) is 6.95. The molecule has 3 N–H and O–H groups in total. The van der Waals surface area contributed by atoms with Gasteiger partial charge in [0.05, 0.1) is 7.11 Å². The van der Waals surface area contributed by atoms with Crippen molar-refractivity contribution in [3.63, 3.8) is 0 Å². The Morgan fingerprint density at radius 2 is 1.95 bits per heavy atom. The SMILES string of the molecule is COc1ccc(CC(C)(C(N)=O)N2CCNCC2)cc1. The van der Waals surface area contributed by atoms with E-state index in [1.807, 2.05) is 31.2 Å². The van der Waals surface area contributed by atoms with Crippen LogP contribution in [0, 0.1) is 0 Å². The smallest absolute Gasteiger partial charge is 0.238 e. The zero-order chi connectivity index (χ0) is 14.6. The summed E-state index contributed by atoms with van der Waals surface area (Å²) in [6.45, 7) is 5.41. The van der Waals surface area contributed by atoms with Crippen molar-refractivity contribution in [3.8, 4) is 5.75 Å². The normalized spacial score (nSPS) is 19.3. The molecular formula is C15H23N3O2. The lowest BCUT2D eigenvalue weighted by atomic mass is 9.89. The number of ether oxygens (including phenoxy) is 1. The summed E-state index contributed by atoms with van der Waals surface area (Å²) >= 11 is 0. The van der Waals surface area contributed by atoms with Crippen LogP contribution in [0.4, 0.5) is 0 Å². The molecule has 1 unspecified atom stereocenters. The third-order valence-corrected chi connectivity index (χ3v) is 4.05. The van der Waals surface area contributed by atoms with Crippen molar-refractivity contribution in [1.82, 2.24) is 10.2 Å². The van der Waals surface area contributed by atoms with E-state index in [1.165, 1.54) is 0 Å². The number of carbonyl (C=O) groups is 1. The first-order valence-electron chi connectivity index (χ1n) is 6.95.